The van der Waals surface area contributed by atoms with Crippen LogP contribution in [0.3, 0.4) is 0 Å². The van der Waals surface area contributed by atoms with E-state index < -0.39 is 61.5 Å². The highest BCUT2D eigenvalue weighted by molar-refractivity contribution is 8.09. The van der Waals surface area contributed by atoms with E-state index in [1.165, 1.54) is 26.9 Å². The van der Waals surface area contributed by atoms with E-state index in [1.807, 2.05) is 0 Å². The molecule has 2 fully saturated rings. The van der Waals surface area contributed by atoms with Crippen molar-refractivity contribution in [3.05, 3.63) is 32.6 Å². The van der Waals surface area contributed by atoms with Crippen LogP contribution < -0.4 is 11.2 Å². The Morgan fingerprint density at radius 2 is 1.97 bits per heavy atom. The molecule has 0 aromatic carbocycles. The molecule has 1 aromatic heterocycles. The number of rotatable bonds is 9. The van der Waals surface area contributed by atoms with Gasteiger partial charge in [0.2, 0.25) is 0 Å². The molecule has 1 aromatic rings. The largest absolute Gasteiger partial charge is 0.382 e. The van der Waals surface area contributed by atoms with E-state index in [-0.39, 0.29) is 25.2 Å². The van der Waals surface area contributed by atoms with Crippen molar-refractivity contribution in [3.63, 3.8) is 0 Å². The van der Waals surface area contributed by atoms with Gasteiger partial charge in [-0.05, 0) is 25.2 Å². The quantitative estimate of drug-likeness (QED) is 0.258. The van der Waals surface area contributed by atoms with Gasteiger partial charge in [0.15, 0.2) is 12.7 Å². The van der Waals surface area contributed by atoms with E-state index in [4.69, 9.17) is 30.5 Å². The summed E-state index contributed by atoms with van der Waals surface area (Å²) in [5.74, 6) is -0.578. The standard InChI is InChI=1S/C16H26N2O10P2S/c1-8-7-18(16(20)17-14(8)19)15-13(26-5-4-25-2)12(28-29(3,21)31)11(27-15)9-6-10(9)30(22,23)24/h7,9-13,15H,4-6H2,1-3H3,(H,21,31)(H,17,19,20)(H2,22,23,24). The molecule has 1 saturated carbocycles. The fourth-order valence-electron chi connectivity index (χ4n) is 3.74. The summed E-state index contributed by atoms with van der Waals surface area (Å²) in [6.45, 7) is -0.0865. The normalized spacial score (nSPS) is 32.7. The summed E-state index contributed by atoms with van der Waals surface area (Å²) in [6.07, 6.45) is -2.45. The van der Waals surface area contributed by atoms with Crippen LogP contribution in [-0.4, -0.2) is 75.2 Å². The average molecular weight is 500 g/mol. The lowest BCUT2D eigenvalue weighted by Gasteiger charge is -2.27. The molecule has 2 aliphatic rings. The highest BCUT2D eigenvalue weighted by Crippen LogP contribution is 2.62. The number of hydrogen-bond acceptors (Lipinski definition) is 8. The second-order valence-corrected chi connectivity index (χ2v) is 13.4. The van der Waals surface area contributed by atoms with Gasteiger partial charge in [-0.3, -0.25) is 18.9 Å². The van der Waals surface area contributed by atoms with Gasteiger partial charge >= 0.3 is 13.3 Å². The fourth-order valence-corrected chi connectivity index (χ4v) is 5.92. The van der Waals surface area contributed by atoms with Gasteiger partial charge in [-0.25, -0.2) is 4.79 Å². The van der Waals surface area contributed by atoms with E-state index in [0.29, 0.717) is 0 Å². The molecule has 15 heteroatoms. The topological polar surface area (TPSA) is 170 Å². The Morgan fingerprint density at radius 3 is 2.52 bits per heavy atom. The summed E-state index contributed by atoms with van der Waals surface area (Å²) in [6, 6.07) is 0. The van der Waals surface area contributed by atoms with Crippen molar-refractivity contribution in [2.45, 2.75) is 43.5 Å². The average Bonchev–Trinajstić information content (AvgIpc) is 3.37. The second kappa shape index (κ2) is 9.26. The molecule has 3 rings (SSSR count). The van der Waals surface area contributed by atoms with Gasteiger partial charge in [0, 0.05) is 31.5 Å². The zero-order valence-electron chi connectivity index (χ0n) is 17.1. The van der Waals surface area contributed by atoms with E-state index in [1.54, 1.807) is 0 Å². The third-order valence-electron chi connectivity index (χ3n) is 5.22. The molecule has 1 aliphatic heterocycles. The Kier molecular flexibility index (Phi) is 7.44. The number of H-pyrrole nitrogens is 1. The van der Waals surface area contributed by atoms with Crippen molar-refractivity contribution >= 4 is 25.9 Å². The van der Waals surface area contributed by atoms with Crippen molar-refractivity contribution in [3.8, 4) is 0 Å². The van der Waals surface area contributed by atoms with Gasteiger partial charge in [0.1, 0.15) is 12.2 Å². The number of nitrogens with one attached hydrogen (secondary N) is 1. The fraction of sp³-hybridized carbons (Fsp3) is 0.750. The SMILES string of the molecule is COCCOC1C(OP(C)(O)=S)C(C2CC2P(=O)(O)O)OC1n1cc(C)c(=O)[nH]c1=O. The molecule has 2 heterocycles. The summed E-state index contributed by atoms with van der Waals surface area (Å²) >= 11 is 5.03. The zero-order valence-corrected chi connectivity index (χ0v) is 19.7. The molecule has 7 unspecified atom stereocenters. The molecule has 1 aliphatic carbocycles. The molecule has 1 saturated heterocycles. The van der Waals surface area contributed by atoms with Crippen molar-refractivity contribution in [1.82, 2.24) is 9.55 Å². The zero-order chi connectivity index (χ0) is 23.1. The monoisotopic (exact) mass is 500 g/mol. The van der Waals surface area contributed by atoms with Crippen LogP contribution in [0, 0.1) is 12.8 Å². The molecule has 31 heavy (non-hydrogen) atoms. The second-order valence-electron chi connectivity index (χ2n) is 7.73. The summed E-state index contributed by atoms with van der Waals surface area (Å²) < 4.78 is 35.5. The number of methoxy groups -OCH3 is 1. The smallest absolute Gasteiger partial charge is 0.330 e. The summed E-state index contributed by atoms with van der Waals surface area (Å²) in [5, 5.41) is 0. The molecule has 0 spiro atoms. The Hall–Kier alpha value is -0.720. The molecule has 0 bridgehead atoms. The van der Waals surface area contributed by atoms with Crippen LogP contribution in [0.5, 0.6) is 0 Å². The third-order valence-corrected chi connectivity index (χ3v) is 7.57. The van der Waals surface area contributed by atoms with E-state index >= 15 is 0 Å². The number of aryl methyl sites for hydroxylation is 1. The van der Waals surface area contributed by atoms with Crippen molar-refractivity contribution in [2.24, 2.45) is 5.92 Å². The van der Waals surface area contributed by atoms with Gasteiger partial charge in [-0.15, -0.1) is 0 Å². The molecule has 176 valence electrons. The lowest BCUT2D eigenvalue weighted by molar-refractivity contribution is -0.0791. The highest BCUT2D eigenvalue weighted by Gasteiger charge is 2.61. The summed E-state index contributed by atoms with van der Waals surface area (Å²) in [7, 11) is -2.89. The Balaban J connectivity index is 2.01. The molecular weight excluding hydrogens is 474 g/mol. The van der Waals surface area contributed by atoms with Crippen molar-refractivity contribution in [2.75, 3.05) is 27.0 Å². The molecule has 0 amide bonds. The predicted molar refractivity (Wildman–Crippen MR) is 113 cm³/mol. The predicted octanol–water partition coefficient (Wildman–Crippen LogP) is -0.343. The van der Waals surface area contributed by atoms with E-state index in [9.17, 15) is 28.8 Å². The summed E-state index contributed by atoms with van der Waals surface area (Å²) in [4.78, 5) is 55.8. The minimum atomic E-state index is -4.37. The van der Waals surface area contributed by atoms with Crippen molar-refractivity contribution < 1.29 is 38.0 Å². The van der Waals surface area contributed by atoms with Crippen LogP contribution in [0.25, 0.3) is 0 Å². The first-order valence-corrected chi connectivity index (χ1v) is 14.3. The first kappa shape index (κ1) is 24.9. The minimum absolute atomic E-state index is 0.0926. The van der Waals surface area contributed by atoms with E-state index in [2.05, 4.69) is 4.98 Å². The highest BCUT2D eigenvalue weighted by atomic mass is 32.5. The van der Waals surface area contributed by atoms with Crippen LogP contribution in [0.2, 0.25) is 0 Å². The molecule has 0 radical (unpaired) electrons. The number of aromatic nitrogens is 2. The molecule has 4 N–H and O–H groups in total. The molecule has 12 nitrogen and oxygen atoms in total. The Labute approximate surface area is 182 Å². The maximum atomic E-state index is 12.5. The molecule has 7 atom stereocenters. The first-order chi connectivity index (χ1) is 14.3. The van der Waals surface area contributed by atoms with Gasteiger partial charge < -0.3 is 33.4 Å². The maximum absolute atomic E-state index is 12.5. The van der Waals surface area contributed by atoms with E-state index in [0.717, 1.165) is 4.57 Å². The number of aromatic amines is 1. The molecular formula is C16H26N2O10P2S. The van der Waals surface area contributed by atoms with Gasteiger partial charge in [0.25, 0.3) is 5.56 Å². The van der Waals surface area contributed by atoms with Crippen LogP contribution in [0.15, 0.2) is 15.8 Å². The summed E-state index contributed by atoms with van der Waals surface area (Å²) in [5.41, 5.74) is -1.97. The van der Waals surface area contributed by atoms with Crippen LogP contribution in [-0.2, 0) is 35.1 Å². The lowest BCUT2D eigenvalue weighted by Crippen LogP contribution is -2.41. The third kappa shape index (κ3) is 5.80. The lowest BCUT2D eigenvalue weighted by atomic mass is 10.1. The Morgan fingerprint density at radius 1 is 1.29 bits per heavy atom. The van der Waals surface area contributed by atoms with Crippen LogP contribution in [0.4, 0.5) is 0 Å². The number of ether oxygens (including phenoxy) is 3. The minimum Gasteiger partial charge on any atom is -0.382 e. The number of hydrogen-bond donors (Lipinski definition) is 4. The number of nitrogens with zero attached hydrogens (tertiary/aromatic N) is 1. The first-order valence-electron chi connectivity index (χ1n) is 9.45. The van der Waals surface area contributed by atoms with Crippen LogP contribution in [0.1, 0.15) is 18.2 Å². The van der Waals surface area contributed by atoms with Crippen LogP contribution >= 0.6 is 14.1 Å². The van der Waals surface area contributed by atoms with Gasteiger partial charge in [0.05, 0.1) is 25.0 Å². The van der Waals surface area contributed by atoms with Crippen molar-refractivity contribution in [1.29, 1.82) is 0 Å². The van der Waals surface area contributed by atoms with Gasteiger partial charge in [-0.1, -0.05) is 0 Å². The Bertz CT molecular complexity index is 1020. The maximum Gasteiger partial charge on any atom is 0.330 e. The van der Waals surface area contributed by atoms with Gasteiger partial charge in [-0.2, -0.15) is 0 Å².